The molecule has 1 aromatic carbocycles. The number of rotatable bonds is 4. The van der Waals surface area contributed by atoms with E-state index in [2.05, 4.69) is 33.8 Å². The average molecular weight is 364 g/mol. The van der Waals surface area contributed by atoms with Gasteiger partial charge in [-0.15, -0.1) is 0 Å². The number of nitrogens with one attached hydrogen (secondary N) is 2. The highest BCUT2D eigenvalue weighted by molar-refractivity contribution is 5.94. The molecule has 0 saturated carbocycles. The van der Waals surface area contributed by atoms with E-state index in [1.54, 1.807) is 29.4 Å². The minimum absolute atomic E-state index is 0.0268. The third-order valence-electron chi connectivity index (χ3n) is 5.37. The van der Waals surface area contributed by atoms with Crippen LogP contribution in [0.2, 0.25) is 0 Å². The predicted octanol–water partition coefficient (Wildman–Crippen LogP) is 1.85. The number of pyridine rings is 1. The quantitative estimate of drug-likeness (QED) is 0.868. The first-order valence-electron chi connectivity index (χ1n) is 9.49. The number of benzene rings is 1. The molecule has 1 atom stereocenters. The highest BCUT2D eigenvalue weighted by atomic mass is 16.2. The van der Waals surface area contributed by atoms with E-state index in [0.717, 1.165) is 31.5 Å². The molecule has 0 bridgehead atoms. The Morgan fingerprint density at radius 1 is 1.15 bits per heavy atom. The Hall–Kier alpha value is -2.73. The molecule has 2 aliphatic heterocycles. The number of carbonyl (C=O) groups is 2. The molecule has 140 valence electrons. The van der Waals surface area contributed by atoms with Gasteiger partial charge in [-0.25, -0.2) is 0 Å². The fourth-order valence-electron chi connectivity index (χ4n) is 3.84. The topological polar surface area (TPSA) is 74.3 Å². The van der Waals surface area contributed by atoms with Crippen LogP contribution in [0.4, 0.5) is 0 Å². The van der Waals surface area contributed by atoms with Gasteiger partial charge in [0.25, 0.3) is 5.91 Å². The molecule has 0 aliphatic carbocycles. The largest absolute Gasteiger partial charge is 0.352 e. The third kappa shape index (κ3) is 4.01. The van der Waals surface area contributed by atoms with Gasteiger partial charge in [-0.2, -0.15) is 0 Å². The van der Waals surface area contributed by atoms with Gasteiger partial charge in [0.15, 0.2) is 0 Å². The molecule has 1 aromatic heterocycles. The number of amides is 2. The van der Waals surface area contributed by atoms with Gasteiger partial charge in [0.05, 0.1) is 5.92 Å². The van der Waals surface area contributed by atoms with Crippen LogP contribution in [0.15, 0.2) is 42.7 Å². The van der Waals surface area contributed by atoms with Gasteiger partial charge < -0.3 is 15.5 Å². The summed E-state index contributed by atoms with van der Waals surface area (Å²) < 4.78 is 0. The fraction of sp³-hybridized carbons (Fsp3) is 0.381. The van der Waals surface area contributed by atoms with Crippen LogP contribution in [-0.2, 0) is 24.4 Å². The minimum Gasteiger partial charge on any atom is -0.352 e. The first-order valence-corrected chi connectivity index (χ1v) is 9.49. The second kappa shape index (κ2) is 7.88. The standard InChI is InChI=1S/C21H24N4O2/c26-20(24-11-15-3-4-17-12-23-13-19(17)10-15)18-2-1-9-25(14-18)21(27)16-5-7-22-8-6-16/h3-8,10,18,23H,1-2,9,11-14H2,(H,24,26). The van der Waals surface area contributed by atoms with E-state index < -0.39 is 0 Å². The van der Waals surface area contributed by atoms with Crippen molar-refractivity contribution < 1.29 is 9.59 Å². The molecule has 2 aliphatic rings. The molecule has 0 spiro atoms. The van der Waals surface area contributed by atoms with Gasteiger partial charge in [0.1, 0.15) is 0 Å². The van der Waals surface area contributed by atoms with Crippen LogP contribution in [0.3, 0.4) is 0 Å². The molecular formula is C21H24N4O2. The summed E-state index contributed by atoms with van der Waals surface area (Å²) in [4.78, 5) is 31.0. The monoisotopic (exact) mass is 364 g/mol. The molecule has 6 heteroatoms. The van der Waals surface area contributed by atoms with Crippen LogP contribution in [-0.4, -0.2) is 34.8 Å². The molecule has 1 saturated heterocycles. The smallest absolute Gasteiger partial charge is 0.253 e. The van der Waals surface area contributed by atoms with Gasteiger partial charge in [0, 0.05) is 50.7 Å². The molecule has 2 N–H and O–H groups in total. The van der Waals surface area contributed by atoms with Crippen molar-refractivity contribution in [3.8, 4) is 0 Å². The highest BCUT2D eigenvalue weighted by Gasteiger charge is 2.28. The van der Waals surface area contributed by atoms with E-state index in [1.165, 1.54) is 11.1 Å². The Labute approximate surface area is 159 Å². The molecule has 1 fully saturated rings. The summed E-state index contributed by atoms with van der Waals surface area (Å²) in [6.07, 6.45) is 4.90. The van der Waals surface area contributed by atoms with E-state index in [-0.39, 0.29) is 17.7 Å². The summed E-state index contributed by atoms with van der Waals surface area (Å²) in [5.41, 5.74) is 4.39. The zero-order chi connectivity index (χ0) is 18.6. The number of carbonyl (C=O) groups excluding carboxylic acids is 2. The molecule has 6 nitrogen and oxygen atoms in total. The number of hydrogen-bond donors (Lipinski definition) is 2. The lowest BCUT2D eigenvalue weighted by Crippen LogP contribution is -2.45. The van der Waals surface area contributed by atoms with Gasteiger partial charge in [0.2, 0.25) is 5.91 Å². The zero-order valence-electron chi connectivity index (χ0n) is 15.3. The van der Waals surface area contributed by atoms with Gasteiger partial charge >= 0.3 is 0 Å². The van der Waals surface area contributed by atoms with Crippen LogP contribution >= 0.6 is 0 Å². The van der Waals surface area contributed by atoms with E-state index >= 15 is 0 Å². The second-order valence-corrected chi connectivity index (χ2v) is 7.25. The average Bonchev–Trinajstić information content (AvgIpc) is 3.20. The van der Waals surface area contributed by atoms with Gasteiger partial charge in [-0.05, 0) is 41.7 Å². The van der Waals surface area contributed by atoms with Crippen molar-refractivity contribution in [1.29, 1.82) is 0 Å². The second-order valence-electron chi connectivity index (χ2n) is 7.25. The molecule has 2 amide bonds. The number of likely N-dealkylation sites (tertiary alicyclic amines) is 1. The Balaban J connectivity index is 1.34. The predicted molar refractivity (Wildman–Crippen MR) is 102 cm³/mol. The van der Waals surface area contributed by atoms with Crippen molar-refractivity contribution in [3.63, 3.8) is 0 Å². The zero-order valence-corrected chi connectivity index (χ0v) is 15.3. The lowest BCUT2D eigenvalue weighted by molar-refractivity contribution is -0.126. The number of aromatic nitrogens is 1. The Morgan fingerprint density at radius 3 is 2.81 bits per heavy atom. The van der Waals surface area contributed by atoms with Crippen molar-refractivity contribution in [1.82, 2.24) is 20.5 Å². The summed E-state index contributed by atoms with van der Waals surface area (Å²) >= 11 is 0. The third-order valence-corrected chi connectivity index (χ3v) is 5.37. The lowest BCUT2D eigenvalue weighted by Gasteiger charge is -2.32. The SMILES string of the molecule is O=C(NCc1ccc2c(c1)CNC2)C1CCCN(C(=O)c2ccncc2)C1. The van der Waals surface area contributed by atoms with Crippen LogP contribution in [0.1, 0.15) is 39.9 Å². The summed E-state index contributed by atoms with van der Waals surface area (Å²) in [5, 5.41) is 6.38. The number of fused-ring (bicyclic) bond motifs is 1. The number of hydrogen-bond acceptors (Lipinski definition) is 4. The summed E-state index contributed by atoms with van der Waals surface area (Å²) in [6, 6.07) is 9.80. The summed E-state index contributed by atoms with van der Waals surface area (Å²) in [7, 11) is 0. The van der Waals surface area contributed by atoms with Crippen molar-refractivity contribution in [2.45, 2.75) is 32.5 Å². The first-order chi connectivity index (χ1) is 13.2. The Kier molecular flexibility index (Phi) is 5.16. The van der Waals surface area contributed by atoms with Crippen LogP contribution in [0.25, 0.3) is 0 Å². The maximum absolute atomic E-state index is 12.6. The van der Waals surface area contributed by atoms with Crippen LogP contribution < -0.4 is 10.6 Å². The van der Waals surface area contributed by atoms with E-state index in [4.69, 9.17) is 0 Å². The molecule has 27 heavy (non-hydrogen) atoms. The fourth-order valence-corrected chi connectivity index (χ4v) is 3.84. The maximum atomic E-state index is 12.6. The van der Waals surface area contributed by atoms with E-state index in [9.17, 15) is 9.59 Å². The highest BCUT2D eigenvalue weighted by Crippen LogP contribution is 2.20. The minimum atomic E-state index is -0.152. The van der Waals surface area contributed by atoms with Gasteiger partial charge in [-0.1, -0.05) is 18.2 Å². The van der Waals surface area contributed by atoms with Gasteiger partial charge in [-0.3, -0.25) is 14.6 Å². The summed E-state index contributed by atoms with van der Waals surface area (Å²) in [6.45, 7) is 3.52. The van der Waals surface area contributed by atoms with Crippen molar-refractivity contribution in [3.05, 3.63) is 65.0 Å². The Bertz CT molecular complexity index is 837. The number of nitrogens with zero attached hydrogens (tertiary/aromatic N) is 2. The first kappa shape index (κ1) is 17.7. The maximum Gasteiger partial charge on any atom is 0.253 e. The molecule has 1 unspecified atom stereocenters. The van der Waals surface area contributed by atoms with Crippen molar-refractivity contribution >= 4 is 11.8 Å². The molecule has 4 rings (SSSR count). The Morgan fingerprint density at radius 2 is 1.96 bits per heavy atom. The molecule has 2 aromatic rings. The molecular weight excluding hydrogens is 340 g/mol. The normalized spacial score (nSPS) is 18.8. The van der Waals surface area contributed by atoms with E-state index in [0.29, 0.717) is 25.2 Å². The van der Waals surface area contributed by atoms with Crippen molar-refractivity contribution in [2.24, 2.45) is 5.92 Å². The molecule has 3 heterocycles. The van der Waals surface area contributed by atoms with Crippen LogP contribution in [0.5, 0.6) is 0 Å². The summed E-state index contributed by atoms with van der Waals surface area (Å²) in [5.74, 6) is -0.150. The van der Waals surface area contributed by atoms with E-state index in [1.807, 2.05) is 0 Å². The number of piperidine rings is 1. The molecule has 0 radical (unpaired) electrons. The van der Waals surface area contributed by atoms with Crippen molar-refractivity contribution in [2.75, 3.05) is 13.1 Å². The van der Waals surface area contributed by atoms with Crippen LogP contribution in [0, 0.1) is 5.92 Å². The lowest BCUT2D eigenvalue weighted by atomic mass is 9.96.